The maximum atomic E-state index is 14.7. The molecule has 4 rings (SSSR count). The zero-order valence-electron chi connectivity index (χ0n) is 18.3. The third-order valence-corrected chi connectivity index (χ3v) is 6.11. The maximum Gasteiger partial charge on any atom is 0.234 e. The molecule has 10 heteroatoms. The Morgan fingerprint density at radius 3 is 2.56 bits per heavy atom. The van der Waals surface area contributed by atoms with Crippen LogP contribution in [0.2, 0.25) is 5.02 Å². The first-order chi connectivity index (χ1) is 16.5. The largest absolute Gasteiger partial charge is 0.497 e. The number of nitrogens with one attached hydrogen (secondary N) is 1. The smallest absolute Gasteiger partial charge is 0.234 e. The van der Waals surface area contributed by atoms with Crippen LogP contribution in [0.3, 0.4) is 0 Å². The number of benzene rings is 3. The van der Waals surface area contributed by atoms with Gasteiger partial charge in [0.15, 0.2) is 11.0 Å². The number of methoxy groups -OCH3 is 2. The summed E-state index contributed by atoms with van der Waals surface area (Å²) < 4.78 is 26.8. The number of ether oxygens (including phenoxy) is 2. The summed E-state index contributed by atoms with van der Waals surface area (Å²) >= 11 is 7.49. The molecule has 0 bridgehead atoms. The summed E-state index contributed by atoms with van der Waals surface area (Å²) in [4.78, 5) is 12.7. The van der Waals surface area contributed by atoms with E-state index in [9.17, 15) is 9.18 Å². The van der Waals surface area contributed by atoms with E-state index in [-0.39, 0.29) is 17.3 Å². The molecule has 174 valence electrons. The summed E-state index contributed by atoms with van der Waals surface area (Å²) in [6.07, 6.45) is 0. The highest BCUT2D eigenvalue weighted by Gasteiger charge is 2.21. The Kier molecular flexibility index (Phi) is 7.34. The molecule has 0 saturated carbocycles. The van der Waals surface area contributed by atoms with Crippen LogP contribution >= 0.6 is 23.4 Å². The predicted molar refractivity (Wildman–Crippen MR) is 131 cm³/mol. The van der Waals surface area contributed by atoms with Gasteiger partial charge in [-0.15, -0.1) is 10.2 Å². The fourth-order valence-corrected chi connectivity index (χ4v) is 4.22. The second kappa shape index (κ2) is 10.6. The number of amides is 1. The number of nitrogens with zero attached hydrogens (tertiary/aromatic N) is 3. The normalized spacial score (nSPS) is 10.7. The highest BCUT2D eigenvalue weighted by Crippen LogP contribution is 2.33. The number of rotatable bonds is 8. The summed E-state index contributed by atoms with van der Waals surface area (Å²) in [7, 11) is 3.05. The van der Waals surface area contributed by atoms with E-state index < -0.39 is 5.82 Å². The lowest BCUT2D eigenvalue weighted by Crippen LogP contribution is -2.15. The minimum Gasteiger partial charge on any atom is -0.497 e. The van der Waals surface area contributed by atoms with Crippen molar-refractivity contribution in [3.8, 4) is 28.6 Å². The molecule has 7 nitrogen and oxygen atoms in total. The zero-order valence-corrected chi connectivity index (χ0v) is 19.9. The van der Waals surface area contributed by atoms with Crippen molar-refractivity contribution in [3.63, 3.8) is 0 Å². The van der Waals surface area contributed by atoms with Crippen LogP contribution in [0.25, 0.3) is 17.1 Å². The third kappa shape index (κ3) is 5.00. The van der Waals surface area contributed by atoms with Gasteiger partial charge in [-0.1, -0.05) is 47.6 Å². The van der Waals surface area contributed by atoms with Crippen molar-refractivity contribution in [1.29, 1.82) is 0 Å². The summed E-state index contributed by atoms with van der Waals surface area (Å²) in [5, 5.41) is 12.1. The van der Waals surface area contributed by atoms with E-state index >= 15 is 0 Å². The van der Waals surface area contributed by atoms with Crippen molar-refractivity contribution in [2.24, 2.45) is 0 Å². The Bertz CT molecular complexity index is 1330. The molecule has 3 aromatic carbocycles. The number of hydrogen-bond donors (Lipinski definition) is 1. The summed E-state index contributed by atoms with van der Waals surface area (Å²) in [5.74, 6) is 0.673. The van der Waals surface area contributed by atoms with E-state index in [4.69, 9.17) is 21.1 Å². The second-order valence-electron chi connectivity index (χ2n) is 6.98. The van der Waals surface area contributed by atoms with Gasteiger partial charge in [-0.05, 0) is 36.4 Å². The standard InChI is InChI=1S/C24H20ClFN4O3S/c1-32-15-11-12-21(33-2)19(13-15)27-22(31)14-34-24-29-28-23(16-7-3-4-8-17(16)25)30(24)20-10-6-5-9-18(20)26/h3-13H,14H2,1-2H3,(H,27,31). The van der Waals surface area contributed by atoms with Gasteiger partial charge < -0.3 is 14.8 Å². The van der Waals surface area contributed by atoms with Gasteiger partial charge in [-0.3, -0.25) is 9.36 Å². The van der Waals surface area contributed by atoms with Crippen LogP contribution in [-0.2, 0) is 4.79 Å². The van der Waals surface area contributed by atoms with Crippen molar-refractivity contribution in [3.05, 3.63) is 77.6 Å². The first-order valence-corrected chi connectivity index (χ1v) is 11.5. The van der Waals surface area contributed by atoms with Crippen molar-refractivity contribution in [2.75, 3.05) is 25.3 Å². The van der Waals surface area contributed by atoms with E-state index in [1.165, 1.54) is 20.3 Å². The molecule has 0 aliphatic carbocycles. The molecule has 0 aliphatic heterocycles. The van der Waals surface area contributed by atoms with Gasteiger partial charge >= 0.3 is 0 Å². The summed E-state index contributed by atoms with van der Waals surface area (Å²) in [6, 6.07) is 18.5. The van der Waals surface area contributed by atoms with E-state index in [1.54, 1.807) is 59.2 Å². The Labute approximate surface area is 204 Å². The number of carbonyl (C=O) groups is 1. The zero-order chi connectivity index (χ0) is 24.1. The number of hydrogen-bond acceptors (Lipinski definition) is 6. The number of anilines is 1. The van der Waals surface area contributed by atoms with Crippen molar-refractivity contribution in [1.82, 2.24) is 14.8 Å². The number of aromatic nitrogens is 3. The number of carbonyl (C=O) groups excluding carboxylic acids is 1. The molecule has 0 atom stereocenters. The average Bonchev–Trinajstić information content (AvgIpc) is 3.26. The van der Waals surface area contributed by atoms with Gasteiger partial charge in [0.05, 0.1) is 36.4 Å². The highest BCUT2D eigenvalue weighted by atomic mass is 35.5. The van der Waals surface area contributed by atoms with Crippen LogP contribution in [0.15, 0.2) is 71.9 Å². The SMILES string of the molecule is COc1ccc(OC)c(NC(=O)CSc2nnc(-c3ccccc3Cl)n2-c2ccccc2F)c1. The number of para-hydroxylation sites is 1. The molecule has 0 fully saturated rings. The van der Waals surface area contributed by atoms with E-state index in [0.717, 1.165) is 11.8 Å². The van der Waals surface area contributed by atoms with Gasteiger partial charge in [0.2, 0.25) is 5.91 Å². The quantitative estimate of drug-likeness (QED) is 0.324. The second-order valence-corrected chi connectivity index (χ2v) is 8.33. The van der Waals surface area contributed by atoms with Crippen LogP contribution in [0, 0.1) is 5.82 Å². The number of halogens is 2. The first-order valence-electron chi connectivity index (χ1n) is 10.1. The molecular formula is C24H20ClFN4O3S. The van der Waals surface area contributed by atoms with Crippen LogP contribution in [0.1, 0.15) is 0 Å². The van der Waals surface area contributed by atoms with E-state index in [0.29, 0.717) is 38.8 Å². The Morgan fingerprint density at radius 1 is 1.06 bits per heavy atom. The molecule has 1 heterocycles. The molecule has 4 aromatic rings. The van der Waals surface area contributed by atoms with Crippen LogP contribution in [0.4, 0.5) is 10.1 Å². The third-order valence-electron chi connectivity index (χ3n) is 4.85. The lowest BCUT2D eigenvalue weighted by Gasteiger charge is -2.13. The topological polar surface area (TPSA) is 78.3 Å². The van der Waals surface area contributed by atoms with Crippen LogP contribution < -0.4 is 14.8 Å². The summed E-state index contributed by atoms with van der Waals surface area (Å²) in [5.41, 5.74) is 1.32. The van der Waals surface area contributed by atoms with E-state index in [1.807, 2.05) is 6.07 Å². The van der Waals surface area contributed by atoms with Gasteiger partial charge in [-0.2, -0.15) is 0 Å². The lowest BCUT2D eigenvalue weighted by atomic mass is 10.2. The van der Waals surface area contributed by atoms with Crippen molar-refractivity contribution >= 4 is 35.0 Å². The molecule has 1 N–H and O–H groups in total. The fraction of sp³-hybridized carbons (Fsp3) is 0.125. The fourth-order valence-electron chi connectivity index (χ4n) is 3.26. The Hall–Kier alpha value is -3.56. The van der Waals surface area contributed by atoms with Gasteiger partial charge in [0.1, 0.15) is 17.3 Å². The minimum atomic E-state index is -0.456. The van der Waals surface area contributed by atoms with Gasteiger partial charge in [-0.25, -0.2) is 4.39 Å². The van der Waals surface area contributed by atoms with Crippen molar-refractivity contribution < 1.29 is 18.7 Å². The average molecular weight is 499 g/mol. The van der Waals surface area contributed by atoms with Crippen molar-refractivity contribution in [2.45, 2.75) is 5.16 Å². The number of thioether (sulfide) groups is 1. The Balaban J connectivity index is 1.62. The van der Waals surface area contributed by atoms with E-state index in [2.05, 4.69) is 15.5 Å². The molecule has 1 aromatic heterocycles. The van der Waals surface area contributed by atoms with Gasteiger partial charge in [0.25, 0.3) is 0 Å². The van der Waals surface area contributed by atoms with Crippen LogP contribution in [0.5, 0.6) is 11.5 Å². The lowest BCUT2D eigenvalue weighted by molar-refractivity contribution is -0.113. The molecule has 0 radical (unpaired) electrons. The molecule has 0 spiro atoms. The molecular weight excluding hydrogens is 479 g/mol. The molecule has 0 saturated heterocycles. The monoisotopic (exact) mass is 498 g/mol. The van der Waals surface area contributed by atoms with Crippen LogP contribution in [-0.4, -0.2) is 40.6 Å². The maximum absolute atomic E-state index is 14.7. The first kappa shape index (κ1) is 23.6. The predicted octanol–water partition coefficient (Wildman–Crippen LogP) is 5.47. The highest BCUT2D eigenvalue weighted by molar-refractivity contribution is 7.99. The molecule has 0 unspecified atom stereocenters. The molecule has 1 amide bonds. The summed E-state index contributed by atoms with van der Waals surface area (Å²) in [6.45, 7) is 0. The minimum absolute atomic E-state index is 0.00449. The Morgan fingerprint density at radius 2 is 1.82 bits per heavy atom. The van der Waals surface area contributed by atoms with Gasteiger partial charge in [0, 0.05) is 11.6 Å². The molecule has 34 heavy (non-hydrogen) atoms. The molecule has 0 aliphatic rings.